The smallest absolute Gasteiger partial charge is 0.207 e. The van der Waals surface area contributed by atoms with Crippen LogP contribution in [0.25, 0.3) is 11.1 Å². The van der Waals surface area contributed by atoms with Crippen molar-refractivity contribution in [3.63, 3.8) is 0 Å². The monoisotopic (exact) mass is 467 g/mol. The van der Waals surface area contributed by atoms with Gasteiger partial charge in [-0.25, -0.2) is 30.4 Å². The first kappa shape index (κ1) is 22.4. The lowest BCUT2D eigenvalue weighted by molar-refractivity contribution is 0.346. The Morgan fingerprint density at radius 2 is 1.38 bits per heavy atom. The van der Waals surface area contributed by atoms with Gasteiger partial charge in [0.2, 0.25) is 15.8 Å². The first-order valence-electron chi connectivity index (χ1n) is 9.80. The summed E-state index contributed by atoms with van der Waals surface area (Å²) in [5, 5.41) is 0. The third kappa shape index (κ3) is 4.02. The fourth-order valence-corrected chi connectivity index (χ4v) is 5.30. The van der Waals surface area contributed by atoms with Gasteiger partial charge in [0.1, 0.15) is 0 Å². The Balaban J connectivity index is 1.68. The third-order valence-electron chi connectivity index (χ3n) is 5.33. The highest BCUT2D eigenvalue weighted by atomic mass is 32.2. The predicted octanol–water partition coefficient (Wildman–Crippen LogP) is 5.71. The number of nitrogens with zero attached hydrogens (tertiary/aromatic N) is 1. The van der Waals surface area contributed by atoms with Crippen LogP contribution in [0.4, 0.5) is 22.0 Å². The molecule has 168 valence electrons. The van der Waals surface area contributed by atoms with Gasteiger partial charge < -0.3 is 0 Å². The molecule has 1 saturated carbocycles. The SMILES string of the molecule is Cc1cccc(-c2ccc(CN(C3CC3)S(=O)(=O)c3c(F)c(F)c(F)c(F)c3F)cc2)c1. The first-order valence-corrected chi connectivity index (χ1v) is 11.2. The molecule has 0 atom stereocenters. The van der Waals surface area contributed by atoms with E-state index in [1.54, 1.807) is 24.3 Å². The molecule has 0 N–H and O–H groups in total. The second-order valence-corrected chi connectivity index (χ2v) is 9.57. The van der Waals surface area contributed by atoms with E-state index in [0.717, 1.165) is 21.0 Å². The van der Waals surface area contributed by atoms with Crippen LogP contribution in [-0.4, -0.2) is 18.8 Å². The number of benzene rings is 3. The number of hydrogen-bond acceptors (Lipinski definition) is 2. The molecule has 0 spiro atoms. The standard InChI is InChI=1S/C23H18F5NO2S/c1-13-3-2-4-16(11-13)15-7-5-14(6-8-15)12-29(17-9-10-17)32(30,31)23-21(27)19(25)18(24)20(26)22(23)28/h2-8,11,17H,9-10,12H2,1H3. The van der Waals surface area contributed by atoms with Crippen molar-refractivity contribution < 1.29 is 30.4 Å². The Morgan fingerprint density at radius 3 is 1.91 bits per heavy atom. The van der Waals surface area contributed by atoms with E-state index < -0.39 is 50.0 Å². The van der Waals surface area contributed by atoms with E-state index in [1.807, 2.05) is 31.2 Å². The zero-order chi connectivity index (χ0) is 23.2. The van der Waals surface area contributed by atoms with Crippen LogP contribution in [0.3, 0.4) is 0 Å². The van der Waals surface area contributed by atoms with Crippen LogP contribution in [0.5, 0.6) is 0 Å². The van der Waals surface area contributed by atoms with Crippen LogP contribution < -0.4 is 0 Å². The highest BCUT2D eigenvalue weighted by molar-refractivity contribution is 7.89. The van der Waals surface area contributed by atoms with Crippen molar-refractivity contribution in [1.29, 1.82) is 0 Å². The second kappa shape index (κ2) is 8.29. The van der Waals surface area contributed by atoms with E-state index in [0.29, 0.717) is 18.4 Å². The lowest BCUT2D eigenvalue weighted by Crippen LogP contribution is -2.34. The number of halogens is 5. The van der Waals surface area contributed by atoms with Crippen LogP contribution in [0.15, 0.2) is 53.4 Å². The minimum Gasteiger partial charge on any atom is -0.207 e. The molecule has 9 heteroatoms. The van der Waals surface area contributed by atoms with Gasteiger partial charge in [-0.1, -0.05) is 54.1 Å². The Labute approximate surface area is 182 Å². The van der Waals surface area contributed by atoms with Crippen LogP contribution in [0, 0.1) is 36.0 Å². The van der Waals surface area contributed by atoms with Crippen molar-refractivity contribution in [3.8, 4) is 11.1 Å². The molecule has 4 rings (SSSR count). The lowest BCUT2D eigenvalue weighted by atomic mass is 10.0. The molecule has 0 bridgehead atoms. The molecule has 0 heterocycles. The number of sulfonamides is 1. The molecular weight excluding hydrogens is 449 g/mol. The summed E-state index contributed by atoms with van der Waals surface area (Å²) in [6, 6.07) is 14.1. The highest BCUT2D eigenvalue weighted by Crippen LogP contribution is 2.37. The zero-order valence-electron chi connectivity index (χ0n) is 16.9. The Kier molecular flexibility index (Phi) is 5.81. The van der Waals surface area contributed by atoms with Crippen molar-refractivity contribution in [2.45, 2.75) is 37.2 Å². The number of hydrogen-bond donors (Lipinski definition) is 0. The van der Waals surface area contributed by atoms with Gasteiger partial charge in [-0.05, 0) is 36.5 Å². The van der Waals surface area contributed by atoms with Crippen molar-refractivity contribution in [1.82, 2.24) is 4.31 Å². The molecule has 3 aromatic rings. The fraction of sp³-hybridized carbons (Fsp3) is 0.217. The topological polar surface area (TPSA) is 37.4 Å². The first-order chi connectivity index (χ1) is 15.1. The molecule has 0 amide bonds. The third-order valence-corrected chi connectivity index (χ3v) is 7.25. The molecule has 0 saturated heterocycles. The largest absolute Gasteiger partial charge is 0.249 e. The normalized spacial score (nSPS) is 14.2. The minimum absolute atomic E-state index is 0.263. The molecule has 0 aromatic heterocycles. The predicted molar refractivity (Wildman–Crippen MR) is 109 cm³/mol. The molecule has 0 unspecified atom stereocenters. The summed E-state index contributed by atoms with van der Waals surface area (Å²) in [4.78, 5) is -1.82. The fourth-order valence-electron chi connectivity index (χ4n) is 3.51. The van der Waals surface area contributed by atoms with Gasteiger partial charge >= 0.3 is 0 Å². The summed E-state index contributed by atoms with van der Waals surface area (Å²) in [6.07, 6.45) is 0.853. The van der Waals surface area contributed by atoms with Crippen molar-refractivity contribution in [2.75, 3.05) is 0 Å². The van der Waals surface area contributed by atoms with Crippen LogP contribution in [0.2, 0.25) is 0 Å². The Bertz CT molecular complexity index is 1260. The van der Waals surface area contributed by atoms with E-state index in [9.17, 15) is 30.4 Å². The summed E-state index contributed by atoms with van der Waals surface area (Å²) in [6.45, 7) is 1.69. The average Bonchev–Trinajstić information content (AvgIpc) is 3.60. The van der Waals surface area contributed by atoms with E-state index >= 15 is 0 Å². The van der Waals surface area contributed by atoms with E-state index in [-0.39, 0.29) is 6.54 Å². The number of aryl methyl sites for hydroxylation is 1. The van der Waals surface area contributed by atoms with E-state index in [1.165, 1.54) is 0 Å². The summed E-state index contributed by atoms with van der Waals surface area (Å²) < 4.78 is 95.9. The summed E-state index contributed by atoms with van der Waals surface area (Å²) in [7, 11) is -4.99. The summed E-state index contributed by atoms with van der Waals surface area (Å²) in [5.41, 5.74) is 3.43. The van der Waals surface area contributed by atoms with E-state index in [4.69, 9.17) is 0 Å². The maximum Gasteiger partial charge on any atom is 0.249 e. The van der Waals surface area contributed by atoms with Crippen LogP contribution >= 0.6 is 0 Å². The highest BCUT2D eigenvalue weighted by Gasteiger charge is 2.43. The molecule has 1 aliphatic carbocycles. The van der Waals surface area contributed by atoms with Gasteiger partial charge in [-0.2, -0.15) is 4.31 Å². The van der Waals surface area contributed by atoms with Gasteiger partial charge in [0.15, 0.2) is 28.2 Å². The molecule has 32 heavy (non-hydrogen) atoms. The lowest BCUT2D eigenvalue weighted by Gasteiger charge is -2.23. The van der Waals surface area contributed by atoms with Gasteiger partial charge in [-0.3, -0.25) is 0 Å². The molecule has 3 aromatic carbocycles. The summed E-state index contributed by atoms with van der Waals surface area (Å²) in [5.74, 6) is -11.7. The average molecular weight is 467 g/mol. The molecule has 0 aliphatic heterocycles. The quantitative estimate of drug-likeness (QED) is 0.265. The molecule has 1 fully saturated rings. The van der Waals surface area contributed by atoms with Gasteiger partial charge in [0.25, 0.3) is 0 Å². The number of rotatable bonds is 6. The minimum atomic E-state index is -4.99. The zero-order valence-corrected chi connectivity index (χ0v) is 17.7. The van der Waals surface area contributed by atoms with Gasteiger partial charge in [0, 0.05) is 12.6 Å². The second-order valence-electron chi connectivity index (χ2n) is 7.75. The van der Waals surface area contributed by atoms with Crippen molar-refractivity contribution in [2.24, 2.45) is 0 Å². The van der Waals surface area contributed by atoms with Crippen LogP contribution in [-0.2, 0) is 16.6 Å². The van der Waals surface area contributed by atoms with Gasteiger partial charge in [-0.15, -0.1) is 0 Å². The molecule has 1 aliphatic rings. The molecule has 0 radical (unpaired) electrons. The Hall–Kier alpha value is -2.78. The maximum atomic E-state index is 14.2. The summed E-state index contributed by atoms with van der Waals surface area (Å²) >= 11 is 0. The van der Waals surface area contributed by atoms with Crippen molar-refractivity contribution in [3.05, 3.63) is 88.7 Å². The Morgan fingerprint density at radius 1 is 0.812 bits per heavy atom. The van der Waals surface area contributed by atoms with Crippen LogP contribution in [0.1, 0.15) is 24.0 Å². The van der Waals surface area contributed by atoms with E-state index in [2.05, 4.69) is 0 Å². The molecule has 3 nitrogen and oxygen atoms in total. The van der Waals surface area contributed by atoms with Crippen molar-refractivity contribution >= 4 is 10.0 Å². The maximum absolute atomic E-state index is 14.2. The van der Waals surface area contributed by atoms with Gasteiger partial charge in [0.05, 0.1) is 0 Å². The molecular formula is C23H18F5NO2S.